The standard InChI is InChI=1S/C28H44O/c1-19(2)20(3)9-10-22(5)26-15-16-27-23(8-7-17-28(26,27)6)12-13-24-18-25(29)14-11-21(24)4/h8-10,13,19-20,22,25-27,29H,4,7,11-12,14-18H2,1-3,5-6H3/b10-9+,24-13+/t20-,22+,25-,26+,27-,28+/m0/s1. The van der Waals surface area contributed by atoms with Gasteiger partial charge in [-0.2, -0.15) is 0 Å². The van der Waals surface area contributed by atoms with Crippen molar-refractivity contribution < 1.29 is 5.11 Å². The van der Waals surface area contributed by atoms with Gasteiger partial charge in [0, 0.05) is 0 Å². The van der Waals surface area contributed by atoms with Crippen LogP contribution in [-0.4, -0.2) is 11.2 Å². The Hall–Kier alpha value is -1.08. The molecule has 0 bridgehead atoms. The van der Waals surface area contributed by atoms with E-state index in [2.05, 4.69) is 65.5 Å². The number of hydrogen-bond donors (Lipinski definition) is 1. The summed E-state index contributed by atoms with van der Waals surface area (Å²) in [5, 5.41) is 10.0. The zero-order valence-electron chi connectivity index (χ0n) is 19.6. The zero-order valence-corrected chi connectivity index (χ0v) is 19.6. The van der Waals surface area contributed by atoms with E-state index in [-0.39, 0.29) is 6.10 Å². The van der Waals surface area contributed by atoms with E-state index < -0.39 is 0 Å². The summed E-state index contributed by atoms with van der Waals surface area (Å²) in [6.07, 6.45) is 18.7. The van der Waals surface area contributed by atoms with Gasteiger partial charge in [0.15, 0.2) is 0 Å². The number of aliphatic hydroxyl groups is 1. The lowest BCUT2D eigenvalue weighted by molar-refractivity contribution is 0.126. The highest BCUT2D eigenvalue weighted by atomic mass is 16.3. The van der Waals surface area contributed by atoms with Crippen LogP contribution in [0.1, 0.15) is 86.0 Å². The van der Waals surface area contributed by atoms with Crippen molar-refractivity contribution in [2.24, 2.45) is 35.0 Å². The monoisotopic (exact) mass is 396 g/mol. The van der Waals surface area contributed by atoms with E-state index in [1.54, 1.807) is 5.57 Å². The number of rotatable bonds is 6. The molecule has 0 heterocycles. The van der Waals surface area contributed by atoms with Gasteiger partial charge in [-0.25, -0.2) is 0 Å². The van der Waals surface area contributed by atoms with Gasteiger partial charge < -0.3 is 5.11 Å². The Morgan fingerprint density at radius 2 is 1.93 bits per heavy atom. The molecule has 3 rings (SSSR count). The summed E-state index contributed by atoms with van der Waals surface area (Å²) in [7, 11) is 0. The molecule has 0 unspecified atom stereocenters. The molecule has 0 radical (unpaired) electrons. The van der Waals surface area contributed by atoms with Crippen LogP contribution in [0.25, 0.3) is 0 Å². The molecule has 1 N–H and O–H groups in total. The Bertz CT molecular complexity index is 678. The highest BCUT2D eigenvalue weighted by molar-refractivity contribution is 5.33. The number of aliphatic hydroxyl groups excluding tert-OH is 1. The maximum Gasteiger partial charge on any atom is 0.0583 e. The molecular weight excluding hydrogens is 352 g/mol. The molecule has 3 aliphatic carbocycles. The van der Waals surface area contributed by atoms with Crippen molar-refractivity contribution in [3.8, 4) is 0 Å². The van der Waals surface area contributed by atoms with Crippen LogP contribution in [0, 0.1) is 35.0 Å². The van der Waals surface area contributed by atoms with E-state index in [9.17, 15) is 5.11 Å². The molecule has 0 aromatic rings. The highest BCUT2D eigenvalue weighted by Crippen LogP contribution is 2.58. The molecule has 6 atom stereocenters. The first-order valence-corrected chi connectivity index (χ1v) is 12.1. The average Bonchev–Trinajstić information content (AvgIpc) is 3.04. The first kappa shape index (κ1) is 22.6. The molecule has 0 aromatic carbocycles. The molecule has 162 valence electrons. The maximum atomic E-state index is 10.0. The van der Waals surface area contributed by atoms with Gasteiger partial charge in [-0.05, 0) is 91.9 Å². The molecule has 0 spiro atoms. The van der Waals surface area contributed by atoms with Gasteiger partial charge in [0.05, 0.1) is 6.10 Å². The lowest BCUT2D eigenvalue weighted by atomic mass is 9.62. The van der Waals surface area contributed by atoms with Gasteiger partial charge >= 0.3 is 0 Å². The lowest BCUT2D eigenvalue weighted by Crippen LogP contribution is -2.34. The third-order valence-corrected chi connectivity index (χ3v) is 8.62. The van der Waals surface area contributed by atoms with Gasteiger partial charge in [-0.3, -0.25) is 0 Å². The molecule has 29 heavy (non-hydrogen) atoms. The maximum absolute atomic E-state index is 10.0. The van der Waals surface area contributed by atoms with Crippen LogP contribution < -0.4 is 0 Å². The van der Waals surface area contributed by atoms with Gasteiger partial charge in [-0.1, -0.05) is 76.6 Å². The van der Waals surface area contributed by atoms with Gasteiger partial charge in [0.1, 0.15) is 0 Å². The van der Waals surface area contributed by atoms with E-state index in [1.807, 2.05) is 0 Å². The van der Waals surface area contributed by atoms with Crippen molar-refractivity contribution in [2.75, 3.05) is 0 Å². The van der Waals surface area contributed by atoms with Crippen LogP contribution >= 0.6 is 0 Å². The van der Waals surface area contributed by atoms with Crippen molar-refractivity contribution in [3.05, 3.63) is 47.6 Å². The number of allylic oxidation sites excluding steroid dienone is 6. The third kappa shape index (κ3) is 4.98. The fourth-order valence-corrected chi connectivity index (χ4v) is 6.21. The summed E-state index contributed by atoms with van der Waals surface area (Å²) >= 11 is 0. The summed E-state index contributed by atoms with van der Waals surface area (Å²) in [4.78, 5) is 0. The topological polar surface area (TPSA) is 20.2 Å². The van der Waals surface area contributed by atoms with Crippen LogP contribution in [0.2, 0.25) is 0 Å². The fourth-order valence-electron chi connectivity index (χ4n) is 6.21. The first-order valence-electron chi connectivity index (χ1n) is 12.1. The van der Waals surface area contributed by atoms with Crippen molar-refractivity contribution >= 4 is 0 Å². The van der Waals surface area contributed by atoms with Crippen LogP contribution in [-0.2, 0) is 0 Å². The molecule has 1 nitrogen and oxygen atoms in total. The van der Waals surface area contributed by atoms with E-state index >= 15 is 0 Å². The van der Waals surface area contributed by atoms with Crippen molar-refractivity contribution in [2.45, 2.75) is 92.1 Å². The van der Waals surface area contributed by atoms with E-state index in [4.69, 9.17) is 0 Å². The molecule has 0 amide bonds. The smallest absolute Gasteiger partial charge is 0.0583 e. The predicted octanol–water partition coefficient (Wildman–Crippen LogP) is 7.64. The summed E-state index contributed by atoms with van der Waals surface area (Å²) < 4.78 is 0. The molecule has 2 fully saturated rings. The van der Waals surface area contributed by atoms with E-state index in [1.165, 1.54) is 36.8 Å². The minimum Gasteiger partial charge on any atom is -0.393 e. The second kappa shape index (κ2) is 9.38. The predicted molar refractivity (Wildman–Crippen MR) is 126 cm³/mol. The van der Waals surface area contributed by atoms with Gasteiger partial charge in [-0.15, -0.1) is 0 Å². The minimum atomic E-state index is -0.172. The Labute approximate surface area is 180 Å². The number of fused-ring (bicyclic) bond motifs is 1. The van der Waals surface area contributed by atoms with Gasteiger partial charge in [0.25, 0.3) is 0 Å². The summed E-state index contributed by atoms with van der Waals surface area (Å²) in [5.74, 6) is 3.58. The Kier molecular flexibility index (Phi) is 7.31. The van der Waals surface area contributed by atoms with Crippen molar-refractivity contribution in [1.82, 2.24) is 0 Å². The number of hydrogen-bond acceptors (Lipinski definition) is 1. The molecular formula is C28H44O. The minimum absolute atomic E-state index is 0.172. The molecule has 0 aromatic heterocycles. The summed E-state index contributed by atoms with van der Waals surface area (Å²) in [6.45, 7) is 16.3. The third-order valence-electron chi connectivity index (χ3n) is 8.62. The van der Waals surface area contributed by atoms with Crippen LogP contribution in [0.5, 0.6) is 0 Å². The van der Waals surface area contributed by atoms with Gasteiger partial charge in [0.2, 0.25) is 0 Å². The SMILES string of the molecule is C=C1CC[C@H](O)C/C1=C\CC1=CCC[C@]2(C)[C@@H]([C@H](C)/C=C/[C@H](C)C(C)C)CC[C@@H]12. The second-order valence-electron chi connectivity index (χ2n) is 10.8. The van der Waals surface area contributed by atoms with Crippen LogP contribution in [0.15, 0.2) is 47.6 Å². The quantitative estimate of drug-likeness (QED) is 0.457. The fraction of sp³-hybridized carbons (Fsp3) is 0.714. The van der Waals surface area contributed by atoms with Crippen LogP contribution in [0.3, 0.4) is 0 Å². The molecule has 0 saturated heterocycles. The highest BCUT2D eigenvalue weighted by Gasteiger charge is 2.49. The molecule has 1 heteroatoms. The molecule has 3 aliphatic rings. The van der Waals surface area contributed by atoms with Crippen LogP contribution in [0.4, 0.5) is 0 Å². The Morgan fingerprint density at radius 3 is 2.66 bits per heavy atom. The first-order chi connectivity index (χ1) is 13.7. The summed E-state index contributed by atoms with van der Waals surface area (Å²) in [5.41, 5.74) is 4.66. The van der Waals surface area contributed by atoms with E-state index in [0.29, 0.717) is 17.3 Å². The largest absolute Gasteiger partial charge is 0.393 e. The lowest BCUT2D eigenvalue weighted by Gasteiger charge is -2.43. The zero-order chi connectivity index (χ0) is 21.2. The van der Waals surface area contributed by atoms with Crippen molar-refractivity contribution in [1.29, 1.82) is 0 Å². The van der Waals surface area contributed by atoms with E-state index in [0.717, 1.165) is 43.4 Å². The Morgan fingerprint density at radius 1 is 1.17 bits per heavy atom. The summed E-state index contributed by atoms with van der Waals surface area (Å²) in [6, 6.07) is 0. The molecule has 2 saturated carbocycles. The molecule has 0 aliphatic heterocycles. The Balaban J connectivity index is 1.69. The second-order valence-corrected chi connectivity index (χ2v) is 10.8. The normalized spacial score (nSPS) is 36.5. The van der Waals surface area contributed by atoms with Crippen molar-refractivity contribution in [3.63, 3.8) is 0 Å². The average molecular weight is 397 g/mol.